The third-order valence-electron chi connectivity index (χ3n) is 2.55. The monoisotopic (exact) mass is 214 g/mol. The number of nitrogens with one attached hydrogen (secondary N) is 1. The first-order valence-corrected chi connectivity index (χ1v) is 5.02. The van der Waals surface area contributed by atoms with Crippen LogP contribution in [0.3, 0.4) is 0 Å². The summed E-state index contributed by atoms with van der Waals surface area (Å²) in [5.41, 5.74) is -1.01. The van der Waals surface area contributed by atoms with Gasteiger partial charge in [-0.2, -0.15) is 5.26 Å². The van der Waals surface area contributed by atoms with Crippen LogP contribution in [-0.4, -0.2) is 34.9 Å². The van der Waals surface area contributed by atoms with Gasteiger partial charge in [-0.1, -0.05) is 13.8 Å². The van der Waals surface area contributed by atoms with E-state index in [-0.39, 0.29) is 13.2 Å². The van der Waals surface area contributed by atoms with E-state index < -0.39 is 17.4 Å². The molecule has 0 saturated heterocycles. The fourth-order valence-corrected chi connectivity index (χ4v) is 1.12. The van der Waals surface area contributed by atoms with Gasteiger partial charge >= 0.3 is 0 Å². The van der Waals surface area contributed by atoms with E-state index >= 15 is 0 Å². The van der Waals surface area contributed by atoms with Crippen molar-refractivity contribution in [2.75, 3.05) is 13.2 Å². The predicted molar refractivity (Wildman–Crippen MR) is 54.7 cm³/mol. The second-order valence-electron chi connectivity index (χ2n) is 3.53. The van der Waals surface area contributed by atoms with Gasteiger partial charge in [0.25, 0.3) is 0 Å². The second kappa shape index (κ2) is 6.38. The minimum absolute atomic E-state index is 0.340. The summed E-state index contributed by atoms with van der Waals surface area (Å²) in [6, 6.07) is 1.87. The quantitative estimate of drug-likeness (QED) is 0.570. The van der Waals surface area contributed by atoms with Gasteiger partial charge in [0.15, 0.2) is 0 Å². The van der Waals surface area contributed by atoms with Crippen molar-refractivity contribution in [1.82, 2.24) is 5.32 Å². The Kier molecular flexibility index (Phi) is 5.90. The number of nitriles is 1. The molecule has 0 aromatic rings. The Morgan fingerprint density at radius 1 is 1.47 bits per heavy atom. The van der Waals surface area contributed by atoms with E-state index in [2.05, 4.69) is 5.32 Å². The second-order valence-corrected chi connectivity index (χ2v) is 3.53. The fraction of sp³-hybridized carbons (Fsp3) is 0.800. The van der Waals surface area contributed by atoms with Crippen molar-refractivity contribution in [2.45, 2.75) is 32.2 Å². The number of amides is 1. The van der Waals surface area contributed by atoms with Crippen LogP contribution in [0.2, 0.25) is 0 Å². The zero-order chi connectivity index (χ0) is 11.9. The lowest BCUT2D eigenvalue weighted by Gasteiger charge is -2.30. The average molecular weight is 214 g/mol. The molecule has 5 nitrogen and oxygen atoms in total. The predicted octanol–water partition coefficient (Wildman–Crippen LogP) is -0.214. The SMILES string of the molecule is CCC(C#N)C(=O)NC(CC)(CO)CO. The number of nitrogens with zero attached hydrogens (tertiary/aromatic N) is 1. The first kappa shape index (κ1) is 13.9. The Hall–Kier alpha value is -1.12. The first-order valence-electron chi connectivity index (χ1n) is 5.02. The first-order chi connectivity index (χ1) is 7.09. The van der Waals surface area contributed by atoms with Crippen molar-refractivity contribution in [2.24, 2.45) is 5.92 Å². The lowest BCUT2D eigenvalue weighted by Crippen LogP contribution is -2.55. The van der Waals surface area contributed by atoms with Gasteiger partial charge in [-0.25, -0.2) is 0 Å². The Labute approximate surface area is 89.7 Å². The minimum Gasteiger partial charge on any atom is -0.394 e. The number of hydrogen-bond acceptors (Lipinski definition) is 4. The van der Waals surface area contributed by atoms with E-state index in [1.807, 2.05) is 6.07 Å². The van der Waals surface area contributed by atoms with Crippen molar-refractivity contribution in [1.29, 1.82) is 5.26 Å². The molecule has 0 heterocycles. The lowest BCUT2D eigenvalue weighted by atomic mass is 9.96. The molecule has 0 fully saturated rings. The molecular weight excluding hydrogens is 196 g/mol. The summed E-state index contributed by atoms with van der Waals surface area (Å²) < 4.78 is 0. The molecule has 0 saturated carbocycles. The number of carbonyl (C=O) groups excluding carboxylic acids is 1. The summed E-state index contributed by atoms with van der Waals surface area (Å²) >= 11 is 0. The van der Waals surface area contributed by atoms with Crippen LogP contribution < -0.4 is 5.32 Å². The zero-order valence-electron chi connectivity index (χ0n) is 9.16. The topological polar surface area (TPSA) is 93.4 Å². The number of hydrogen-bond donors (Lipinski definition) is 3. The largest absolute Gasteiger partial charge is 0.394 e. The zero-order valence-corrected chi connectivity index (χ0v) is 9.16. The van der Waals surface area contributed by atoms with Gasteiger partial charge in [-0.05, 0) is 12.8 Å². The maximum atomic E-state index is 11.5. The molecule has 0 aliphatic rings. The molecule has 86 valence electrons. The normalized spacial score (nSPS) is 13.0. The van der Waals surface area contributed by atoms with Gasteiger partial charge in [0.1, 0.15) is 5.92 Å². The fourth-order valence-electron chi connectivity index (χ4n) is 1.12. The van der Waals surface area contributed by atoms with E-state index in [0.717, 1.165) is 0 Å². The van der Waals surface area contributed by atoms with Crippen LogP contribution >= 0.6 is 0 Å². The van der Waals surface area contributed by atoms with E-state index in [1.165, 1.54) is 0 Å². The molecular formula is C10H18N2O3. The summed E-state index contributed by atoms with van der Waals surface area (Å²) in [7, 11) is 0. The summed E-state index contributed by atoms with van der Waals surface area (Å²) in [6.45, 7) is 2.81. The van der Waals surface area contributed by atoms with Crippen LogP contribution in [0.1, 0.15) is 26.7 Å². The highest BCUT2D eigenvalue weighted by Gasteiger charge is 2.30. The van der Waals surface area contributed by atoms with Crippen LogP contribution in [-0.2, 0) is 4.79 Å². The maximum Gasteiger partial charge on any atom is 0.237 e. The Balaban J connectivity index is 4.55. The Morgan fingerprint density at radius 2 is 2.00 bits per heavy atom. The van der Waals surface area contributed by atoms with Crippen LogP contribution in [0, 0.1) is 17.2 Å². The molecule has 1 atom stereocenters. The number of rotatable bonds is 6. The Morgan fingerprint density at radius 3 is 2.27 bits per heavy atom. The van der Waals surface area contributed by atoms with Crippen LogP contribution in [0.15, 0.2) is 0 Å². The van der Waals surface area contributed by atoms with Crippen LogP contribution in [0.25, 0.3) is 0 Å². The highest BCUT2D eigenvalue weighted by Crippen LogP contribution is 2.11. The van der Waals surface area contributed by atoms with Gasteiger partial charge in [0.05, 0.1) is 24.8 Å². The van der Waals surface area contributed by atoms with Crippen LogP contribution in [0.4, 0.5) is 0 Å². The van der Waals surface area contributed by atoms with Crippen molar-refractivity contribution >= 4 is 5.91 Å². The summed E-state index contributed by atoms with van der Waals surface area (Å²) in [6.07, 6.45) is 0.826. The highest BCUT2D eigenvalue weighted by molar-refractivity contribution is 5.81. The van der Waals surface area contributed by atoms with E-state index in [4.69, 9.17) is 15.5 Å². The van der Waals surface area contributed by atoms with E-state index in [9.17, 15) is 4.79 Å². The number of carbonyl (C=O) groups is 1. The molecule has 0 spiro atoms. The highest BCUT2D eigenvalue weighted by atomic mass is 16.3. The molecule has 3 N–H and O–H groups in total. The van der Waals surface area contributed by atoms with Gasteiger partial charge in [-0.3, -0.25) is 4.79 Å². The van der Waals surface area contributed by atoms with Crippen LogP contribution in [0.5, 0.6) is 0 Å². The molecule has 1 unspecified atom stereocenters. The molecule has 1 amide bonds. The summed E-state index contributed by atoms with van der Waals surface area (Å²) in [4.78, 5) is 11.5. The van der Waals surface area contributed by atoms with Crippen molar-refractivity contribution in [3.63, 3.8) is 0 Å². The molecule has 15 heavy (non-hydrogen) atoms. The lowest BCUT2D eigenvalue weighted by molar-refractivity contribution is -0.126. The molecule has 0 aliphatic carbocycles. The van der Waals surface area contributed by atoms with Gasteiger partial charge in [0, 0.05) is 0 Å². The Bertz CT molecular complexity index is 235. The van der Waals surface area contributed by atoms with Gasteiger partial charge in [0.2, 0.25) is 5.91 Å². The van der Waals surface area contributed by atoms with Crippen molar-refractivity contribution < 1.29 is 15.0 Å². The third kappa shape index (κ3) is 3.50. The molecule has 0 aliphatic heterocycles. The van der Waals surface area contributed by atoms with E-state index in [0.29, 0.717) is 12.8 Å². The van der Waals surface area contributed by atoms with Gasteiger partial charge in [-0.15, -0.1) is 0 Å². The smallest absolute Gasteiger partial charge is 0.237 e. The maximum absolute atomic E-state index is 11.5. The van der Waals surface area contributed by atoms with Crippen molar-refractivity contribution in [3.8, 4) is 6.07 Å². The molecule has 0 bridgehead atoms. The van der Waals surface area contributed by atoms with Crippen molar-refractivity contribution in [3.05, 3.63) is 0 Å². The molecule has 0 radical (unpaired) electrons. The average Bonchev–Trinajstić information content (AvgIpc) is 2.28. The van der Waals surface area contributed by atoms with E-state index in [1.54, 1.807) is 13.8 Å². The summed E-state index contributed by atoms with van der Waals surface area (Å²) in [5, 5.41) is 29.4. The third-order valence-corrected chi connectivity index (χ3v) is 2.55. The van der Waals surface area contributed by atoms with Gasteiger partial charge < -0.3 is 15.5 Å². The molecule has 5 heteroatoms. The molecule has 0 aromatic heterocycles. The number of aliphatic hydroxyl groups excluding tert-OH is 2. The standard InChI is InChI=1S/C10H18N2O3/c1-3-8(5-11)9(15)12-10(4-2,6-13)7-14/h8,13-14H,3-4,6-7H2,1-2H3,(H,12,15). The molecule has 0 rings (SSSR count). The molecule has 0 aromatic carbocycles. The summed E-state index contributed by atoms with van der Waals surface area (Å²) in [5.74, 6) is -1.17. The number of aliphatic hydroxyl groups is 2. The minimum atomic E-state index is -1.01.